The number of halogens is 2. The van der Waals surface area contributed by atoms with Crippen molar-refractivity contribution in [2.75, 3.05) is 31.6 Å². The smallest absolute Gasteiger partial charge is 0.256 e. The standard InChI is InChI=1S/C27H33F2N5O3/c1-18-12-22-19(2)31-37-24(22)13-23(18)33(16-26(35)30-11-7-6-10-25(28)29)17-27(36)32(3)34-14-20-8-4-5-9-21(20)15-34/h4-5,8-9,12-13,25H,6-7,10-11,14-17H2,1-3H3,(H,30,35). The fourth-order valence-corrected chi connectivity index (χ4v) is 4.60. The number of aromatic nitrogens is 1. The number of carbonyl (C=O) groups excluding carboxylic acids is 2. The van der Waals surface area contributed by atoms with Crippen LogP contribution in [-0.2, 0) is 22.7 Å². The Morgan fingerprint density at radius 1 is 1.11 bits per heavy atom. The number of aryl methyl sites for hydroxylation is 2. The summed E-state index contributed by atoms with van der Waals surface area (Å²) in [6.07, 6.45) is -1.71. The van der Waals surface area contributed by atoms with Gasteiger partial charge in [-0.15, -0.1) is 0 Å². The molecular weight excluding hydrogens is 480 g/mol. The van der Waals surface area contributed by atoms with Crippen LogP contribution < -0.4 is 10.2 Å². The number of hydrogen-bond donors (Lipinski definition) is 1. The van der Waals surface area contributed by atoms with Crippen molar-refractivity contribution in [1.82, 2.24) is 20.5 Å². The van der Waals surface area contributed by atoms with Crippen molar-refractivity contribution in [2.45, 2.75) is 52.6 Å². The molecule has 0 atom stereocenters. The maximum atomic E-state index is 13.4. The second-order valence-corrected chi connectivity index (χ2v) is 9.50. The largest absolute Gasteiger partial charge is 0.356 e. The average Bonchev–Trinajstić information content (AvgIpc) is 3.45. The van der Waals surface area contributed by atoms with Gasteiger partial charge >= 0.3 is 0 Å². The first-order valence-corrected chi connectivity index (χ1v) is 12.5. The molecule has 8 nitrogen and oxygen atoms in total. The van der Waals surface area contributed by atoms with Crippen molar-refractivity contribution >= 4 is 28.5 Å². The van der Waals surface area contributed by atoms with Crippen LogP contribution in [0.5, 0.6) is 0 Å². The molecule has 1 aliphatic rings. The monoisotopic (exact) mass is 513 g/mol. The van der Waals surface area contributed by atoms with Crippen LogP contribution in [0.3, 0.4) is 0 Å². The zero-order valence-electron chi connectivity index (χ0n) is 21.5. The lowest BCUT2D eigenvalue weighted by molar-refractivity contribution is -0.145. The van der Waals surface area contributed by atoms with E-state index < -0.39 is 6.43 Å². The van der Waals surface area contributed by atoms with E-state index in [9.17, 15) is 18.4 Å². The minimum absolute atomic E-state index is 0.0262. The van der Waals surface area contributed by atoms with E-state index in [1.165, 1.54) is 11.1 Å². The second-order valence-electron chi connectivity index (χ2n) is 9.50. The van der Waals surface area contributed by atoms with Crippen LogP contribution in [-0.4, -0.2) is 60.1 Å². The van der Waals surface area contributed by atoms with Crippen molar-refractivity contribution in [2.24, 2.45) is 0 Å². The Labute approximate surface area is 215 Å². The van der Waals surface area contributed by atoms with E-state index in [-0.39, 0.29) is 31.3 Å². The summed E-state index contributed by atoms with van der Waals surface area (Å²) in [6.45, 7) is 5.27. The molecule has 0 bridgehead atoms. The summed E-state index contributed by atoms with van der Waals surface area (Å²) >= 11 is 0. The molecule has 198 valence electrons. The number of nitrogens with zero attached hydrogens (tertiary/aromatic N) is 4. The normalized spacial score (nSPS) is 13.2. The van der Waals surface area contributed by atoms with Gasteiger partial charge in [-0.3, -0.25) is 14.6 Å². The lowest BCUT2D eigenvalue weighted by Crippen LogP contribution is -2.48. The van der Waals surface area contributed by atoms with Gasteiger partial charge in [0.2, 0.25) is 12.3 Å². The zero-order chi connectivity index (χ0) is 26.5. The van der Waals surface area contributed by atoms with Crippen LogP contribution >= 0.6 is 0 Å². The highest BCUT2D eigenvalue weighted by molar-refractivity contribution is 5.90. The topological polar surface area (TPSA) is 81.9 Å². The molecule has 0 saturated heterocycles. The molecular formula is C27H33F2N5O3. The summed E-state index contributed by atoms with van der Waals surface area (Å²) in [5.74, 6) is -0.444. The van der Waals surface area contributed by atoms with Gasteiger partial charge in [-0.2, -0.15) is 0 Å². The van der Waals surface area contributed by atoms with Gasteiger partial charge in [0, 0.05) is 50.2 Å². The quantitative estimate of drug-likeness (QED) is 0.387. The first-order chi connectivity index (χ1) is 17.7. The van der Waals surface area contributed by atoms with Gasteiger partial charge in [-0.1, -0.05) is 29.4 Å². The van der Waals surface area contributed by atoms with Crippen LogP contribution in [0.25, 0.3) is 11.0 Å². The van der Waals surface area contributed by atoms with E-state index in [1.807, 2.05) is 37.1 Å². The SMILES string of the molecule is Cc1cc2c(C)noc2cc1N(CC(=O)NCCCCC(F)F)CC(=O)N(C)N1Cc2ccccc2C1. The number of benzene rings is 2. The third-order valence-electron chi connectivity index (χ3n) is 6.75. The third-order valence-corrected chi connectivity index (χ3v) is 6.75. The maximum Gasteiger partial charge on any atom is 0.256 e. The third kappa shape index (κ3) is 6.43. The van der Waals surface area contributed by atoms with Gasteiger partial charge in [0.15, 0.2) is 5.58 Å². The molecule has 2 amide bonds. The van der Waals surface area contributed by atoms with E-state index in [2.05, 4.69) is 22.6 Å². The van der Waals surface area contributed by atoms with Crippen molar-refractivity contribution < 1.29 is 22.9 Å². The van der Waals surface area contributed by atoms with Crippen molar-refractivity contribution in [1.29, 1.82) is 0 Å². The van der Waals surface area contributed by atoms with Gasteiger partial charge in [0.25, 0.3) is 5.91 Å². The Morgan fingerprint density at radius 3 is 2.49 bits per heavy atom. The molecule has 1 aliphatic heterocycles. The summed E-state index contributed by atoms with van der Waals surface area (Å²) in [5.41, 5.74) is 5.29. The summed E-state index contributed by atoms with van der Waals surface area (Å²) in [5, 5.41) is 11.3. The molecule has 0 radical (unpaired) electrons. The first kappa shape index (κ1) is 26.5. The highest BCUT2D eigenvalue weighted by Crippen LogP contribution is 2.29. The molecule has 0 fully saturated rings. The molecule has 4 rings (SSSR count). The molecule has 3 aromatic rings. The Balaban J connectivity index is 1.47. The van der Waals surface area contributed by atoms with E-state index in [0.717, 1.165) is 16.6 Å². The lowest BCUT2D eigenvalue weighted by atomic mass is 10.1. The molecule has 1 N–H and O–H groups in total. The molecule has 2 aromatic carbocycles. The van der Waals surface area contributed by atoms with E-state index in [4.69, 9.17) is 4.52 Å². The van der Waals surface area contributed by atoms with Crippen molar-refractivity contribution in [3.63, 3.8) is 0 Å². The number of rotatable bonds is 11. The van der Waals surface area contributed by atoms with Crippen molar-refractivity contribution in [3.05, 3.63) is 58.8 Å². The Bertz CT molecular complexity index is 1240. The second kappa shape index (κ2) is 11.7. The van der Waals surface area contributed by atoms with E-state index in [0.29, 0.717) is 43.7 Å². The number of fused-ring (bicyclic) bond motifs is 2. The number of hydrogen-bond acceptors (Lipinski definition) is 6. The number of carbonyl (C=O) groups is 2. The summed E-state index contributed by atoms with van der Waals surface area (Å²) in [6, 6.07) is 11.8. The fourth-order valence-electron chi connectivity index (χ4n) is 4.60. The van der Waals surface area contributed by atoms with E-state index in [1.54, 1.807) is 23.0 Å². The summed E-state index contributed by atoms with van der Waals surface area (Å²) in [7, 11) is 1.74. The van der Waals surface area contributed by atoms with Gasteiger partial charge in [-0.25, -0.2) is 13.8 Å². The first-order valence-electron chi connectivity index (χ1n) is 12.5. The van der Waals surface area contributed by atoms with Crippen LogP contribution in [0.1, 0.15) is 41.6 Å². The van der Waals surface area contributed by atoms with Gasteiger partial charge in [-0.05, 0) is 49.4 Å². The minimum Gasteiger partial charge on any atom is -0.356 e. The highest BCUT2D eigenvalue weighted by Gasteiger charge is 2.27. The van der Waals surface area contributed by atoms with Gasteiger partial charge in [0.05, 0.1) is 18.8 Å². The Hall–Kier alpha value is -3.53. The maximum absolute atomic E-state index is 13.4. The van der Waals surface area contributed by atoms with Crippen LogP contribution in [0.2, 0.25) is 0 Å². The van der Waals surface area contributed by atoms with Crippen LogP contribution in [0, 0.1) is 13.8 Å². The number of amides is 2. The molecule has 0 aliphatic carbocycles. The van der Waals surface area contributed by atoms with Gasteiger partial charge in [0.1, 0.15) is 0 Å². The molecule has 1 aromatic heterocycles. The summed E-state index contributed by atoms with van der Waals surface area (Å²) < 4.78 is 30.2. The highest BCUT2D eigenvalue weighted by atomic mass is 19.3. The molecule has 0 spiro atoms. The average molecular weight is 514 g/mol. The fraction of sp³-hybridized carbons (Fsp3) is 0.444. The molecule has 37 heavy (non-hydrogen) atoms. The van der Waals surface area contributed by atoms with Crippen LogP contribution in [0.15, 0.2) is 40.9 Å². The number of hydrazine groups is 1. The number of anilines is 1. The number of alkyl halides is 2. The van der Waals surface area contributed by atoms with Crippen molar-refractivity contribution in [3.8, 4) is 0 Å². The molecule has 2 heterocycles. The molecule has 0 saturated carbocycles. The Kier molecular flexibility index (Phi) is 8.38. The predicted octanol–water partition coefficient (Wildman–Crippen LogP) is 4.19. The lowest BCUT2D eigenvalue weighted by Gasteiger charge is -2.31. The number of unbranched alkanes of at least 4 members (excludes halogenated alkanes) is 1. The zero-order valence-corrected chi connectivity index (χ0v) is 21.5. The number of likely N-dealkylation sites (N-methyl/N-ethyl adjacent to an activating group) is 1. The van der Waals surface area contributed by atoms with E-state index >= 15 is 0 Å². The molecule has 0 unspecified atom stereocenters. The predicted molar refractivity (Wildman–Crippen MR) is 137 cm³/mol. The van der Waals surface area contributed by atoms with Crippen LogP contribution in [0.4, 0.5) is 14.5 Å². The minimum atomic E-state index is -2.34. The Morgan fingerprint density at radius 2 is 1.81 bits per heavy atom. The molecule has 10 heteroatoms. The van der Waals surface area contributed by atoms with Gasteiger partial charge < -0.3 is 14.7 Å². The number of nitrogens with one attached hydrogen (secondary N) is 1. The summed E-state index contributed by atoms with van der Waals surface area (Å²) in [4.78, 5) is 27.9.